The first-order valence-corrected chi connectivity index (χ1v) is 44.4. The van der Waals surface area contributed by atoms with Gasteiger partial charge >= 0.3 is 30.1 Å². The molecular weight excluding hydrogens is 1410 g/mol. The van der Waals surface area contributed by atoms with Crippen molar-refractivity contribution in [3.05, 3.63) is 309 Å². The molecule has 19 rings (SSSR count). The lowest BCUT2D eigenvalue weighted by Crippen LogP contribution is -2.42. The van der Waals surface area contributed by atoms with Gasteiger partial charge in [-0.3, -0.25) is 18.3 Å². The summed E-state index contributed by atoms with van der Waals surface area (Å²) in [6.07, 6.45) is -6.87. The van der Waals surface area contributed by atoms with Crippen LogP contribution in [-0.2, 0) is 41.9 Å². The first kappa shape index (κ1) is 62.6. The van der Waals surface area contributed by atoms with E-state index in [1.807, 2.05) is 200 Å². The van der Waals surface area contributed by atoms with Crippen LogP contribution in [0.1, 0.15) is 0 Å². The van der Waals surface area contributed by atoms with E-state index in [4.69, 9.17) is 50.8 Å². The van der Waals surface area contributed by atoms with Crippen molar-refractivity contribution in [1.82, 2.24) is 8.88 Å². The highest BCUT2D eigenvalue weighted by Crippen LogP contribution is 2.76. The third-order valence-corrected chi connectivity index (χ3v) is 40.4. The highest BCUT2D eigenvalue weighted by molar-refractivity contribution is 8.27. The molecule has 21 heteroatoms. The zero-order chi connectivity index (χ0) is 68.0. The van der Waals surface area contributed by atoms with Crippen LogP contribution >= 0.6 is 42.9 Å². The second-order valence-electron chi connectivity index (χ2n) is 25.0. The maximum absolute atomic E-state index is 18.0. The Labute approximate surface area is 593 Å². The molecule has 0 aliphatic carbocycles. The van der Waals surface area contributed by atoms with E-state index in [2.05, 4.69) is 28.7 Å². The molecule has 0 N–H and O–H groups in total. The van der Waals surface area contributed by atoms with Gasteiger partial charge in [0.25, 0.3) is 0 Å². The largest absolute Gasteiger partial charge is 0.444 e. The van der Waals surface area contributed by atoms with E-state index in [1.54, 1.807) is 84.9 Å². The minimum atomic E-state index is -4.88. The molecule has 0 spiro atoms. The predicted octanol–water partition coefficient (Wildman–Crippen LogP) is 19.8. The molecule has 492 valence electrons. The molecule has 6 unspecified atom stereocenters. The summed E-state index contributed by atoms with van der Waals surface area (Å²) in [4.78, 5) is 0. The van der Waals surface area contributed by atoms with E-state index >= 15 is 18.3 Å². The molecule has 0 saturated heterocycles. The van der Waals surface area contributed by atoms with Crippen molar-refractivity contribution in [3.63, 3.8) is 0 Å². The Bertz CT molecular complexity index is 5910. The van der Waals surface area contributed by atoms with E-state index in [-0.39, 0.29) is 32.7 Å². The van der Waals surface area contributed by atoms with E-state index in [0.717, 1.165) is 44.1 Å². The van der Waals surface area contributed by atoms with Gasteiger partial charge in [0.2, 0.25) is 12.8 Å². The van der Waals surface area contributed by atoms with Crippen molar-refractivity contribution >= 4 is 104 Å². The number of rotatable bonds is 11. The van der Waals surface area contributed by atoms with Crippen molar-refractivity contribution < 1.29 is 45.4 Å². The van der Waals surface area contributed by atoms with Crippen molar-refractivity contribution in [2.75, 3.05) is 17.5 Å². The summed E-state index contributed by atoms with van der Waals surface area (Å²) in [5.41, 5.74) is 10.7. The lowest BCUT2D eigenvalue weighted by Gasteiger charge is -2.47. The summed E-state index contributed by atoms with van der Waals surface area (Å²) in [7, 11) is -19.0. The number of nitrogens with zero attached hydrogens (tertiary/aromatic N) is 3. The molecule has 6 heterocycles. The Morgan fingerprint density at radius 2 is 0.535 bits per heavy atom. The Hall–Kier alpha value is -9.40. The topological polar surface area (TPSA) is 133 Å². The van der Waals surface area contributed by atoms with Crippen molar-refractivity contribution in [2.45, 2.75) is 0 Å². The summed E-state index contributed by atoms with van der Waals surface area (Å²) < 4.78 is 118. The average molecular weight is 1470 g/mol. The van der Waals surface area contributed by atoms with Gasteiger partial charge in [-0.25, -0.2) is 4.44 Å². The molecule has 13 aromatic carbocycles. The van der Waals surface area contributed by atoms with Gasteiger partial charge in [-0.15, -0.1) is 8.88 Å². The molecule has 6 aliphatic rings. The van der Waals surface area contributed by atoms with E-state index in [1.165, 1.54) is 8.88 Å². The molecule has 0 amide bonds. The van der Waals surface area contributed by atoms with E-state index < -0.39 is 56.0 Å². The molecule has 0 bridgehead atoms. The van der Waals surface area contributed by atoms with Crippen molar-refractivity contribution in [2.24, 2.45) is 0 Å². The monoisotopic (exact) mass is 1470 g/mol. The number of hydrogen-bond acceptors (Lipinski definition) is 12. The number of para-hydroxylation sites is 5. The number of anilines is 1. The Morgan fingerprint density at radius 3 is 0.960 bits per heavy atom. The second-order valence-corrected chi connectivity index (χ2v) is 41.8. The summed E-state index contributed by atoms with van der Waals surface area (Å²) in [6.45, 7) is -1.03. The molecular formula is C80H55N3O10P6S2. The minimum Gasteiger partial charge on any atom is -0.444 e. The quantitative estimate of drug-likeness (QED) is 0.114. The fourth-order valence-electron chi connectivity index (χ4n) is 15.0. The summed E-state index contributed by atoms with van der Waals surface area (Å²) in [5, 5.41) is 2.62. The predicted molar refractivity (Wildman–Crippen MR) is 413 cm³/mol. The van der Waals surface area contributed by atoms with Crippen molar-refractivity contribution in [1.29, 1.82) is 0 Å². The molecule has 6 aliphatic heterocycles. The Balaban J connectivity index is 0.773. The minimum absolute atomic E-state index is 0.209. The Morgan fingerprint density at radius 1 is 0.248 bits per heavy atom. The molecule has 13 aromatic rings. The lowest BCUT2D eigenvalue weighted by atomic mass is 9.92. The summed E-state index contributed by atoms with van der Waals surface area (Å²) >= 11 is 14.2. The van der Waals surface area contributed by atoms with Crippen LogP contribution in [0.25, 0.3) is 77.9 Å². The zero-order valence-corrected chi connectivity index (χ0v) is 60.3. The van der Waals surface area contributed by atoms with Crippen LogP contribution in [0.2, 0.25) is 0 Å². The molecule has 0 aromatic heterocycles. The van der Waals surface area contributed by atoms with Crippen LogP contribution in [-0.4, -0.2) is 22.0 Å². The van der Waals surface area contributed by atoms with Crippen LogP contribution in [0.4, 0.5) is 5.69 Å². The van der Waals surface area contributed by atoms with Gasteiger partial charge in [0, 0.05) is 79.3 Å². The molecule has 101 heavy (non-hydrogen) atoms. The third-order valence-electron chi connectivity index (χ3n) is 19.4. The van der Waals surface area contributed by atoms with Crippen LogP contribution in [0.5, 0.6) is 34.5 Å². The van der Waals surface area contributed by atoms with Gasteiger partial charge < -0.3 is 27.1 Å². The fraction of sp³-hybridized carbons (Fsp3) is 0.0250. The van der Waals surface area contributed by atoms with Gasteiger partial charge in [-0.05, 0) is 137 Å². The van der Waals surface area contributed by atoms with Gasteiger partial charge in [0.05, 0.1) is 26.9 Å². The van der Waals surface area contributed by atoms with Crippen LogP contribution in [0.15, 0.2) is 309 Å². The molecule has 6 atom stereocenters. The standard InChI is InChI=1S/C80H55N3O10P6S2/c84-94(74-43-18-8-31-62(74)57-27-4-14-38-68(57)88-94)81(95(85)75-44-19-9-32-63(75)58-28-5-15-39-69(58)89-95)51-52-82(96(86)76-45-20-10-33-64(76)59-29-6-16-40-70(59)90-96)97(87)77-46-21-11-34-65(77)61-50-49-54(53-73(61)91-97)56-37-24-42-72-80(56)67-36-13-23-48-79(67)99(101,93-72)83(55-25-2-1-3-26-55)98(100)78-47-22-12-35-66(78)60-30-7-17-41-71(60)92-98/h1-50,53H,51-52H2. The first-order valence-electron chi connectivity index (χ1n) is 32.7. The average Bonchev–Trinajstić information content (AvgIpc) is 0.708. The summed E-state index contributed by atoms with van der Waals surface area (Å²) in [5.74, 6) is 2.25. The number of benzene rings is 13. The molecule has 13 nitrogen and oxygen atoms in total. The lowest BCUT2D eigenvalue weighted by molar-refractivity contribution is 0.362. The van der Waals surface area contributed by atoms with E-state index in [0.29, 0.717) is 73.1 Å². The molecule has 0 saturated carbocycles. The maximum atomic E-state index is 18.0. The number of hydrogen-bond donors (Lipinski definition) is 0. The van der Waals surface area contributed by atoms with Gasteiger partial charge in [0.1, 0.15) is 34.5 Å². The highest BCUT2D eigenvalue weighted by atomic mass is 32.5. The van der Waals surface area contributed by atoms with Crippen LogP contribution in [0.3, 0.4) is 0 Å². The fourth-order valence-corrected chi connectivity index (χ4v) is 37.3. The van der Waals surface area contributed by atoms with Gasteiger partial charge in [-0.2, -0.15) is 0 Å². The zero-order valence-electron chi connectivity index (χ0n) is 53.3. The Kier molecular flexibility index (Phi) is 14.6. The van der Waals surface area contributed by atoms with Gasteiger partial charge in [-0.1, -0.05) is 218 Å². The van der Waals surface area contributed by atoms with Crippen LogP contribution in [0, 0.1) is 0 Å². The normalized spacial score (nSPS) is 22.3. The smallest absolute Gasteiger partial charge is 0.358 e. The maximum Gasteiger partial charge on any atom is 0.358 e. The third kappa shape index (κ3) is 9.43. The van der Waals surface area contributed by atoms with Crippen molar-refractivity contribution in [3.8, 4) is 112 Å². The number of fused-ring (bicyclic) bond motifs is 18. The molecule has 0 radical (unpaired) electrons. The van der Waals surface area contributed by atoms with Crippen LogP contribution < -0.4 is 63.4 Å². The SMILES string of the molecule is O=P1(N(CCN(P2(=O)Oc3ccccc3-c3ccccc32)P2(=O)Oc3cc(-c4cccc5c4-c4ccccc4P(=S)(N(c4ccccc4)P4(=S)Oc6ccccc6-c6ccccc64)O5)ccc3-c3ccccc32)P2(=O)Oc3ccccc3-c3ccccc32)Oc2ccccc2-c2ccccc21. The molecule has 0 fully saturated rings. The van der Waals surface area contributed by atoms with Gasteiger partial charge in [0.15, 0.2) is 0 Å². The first-order chi connectivity index (χ1) is 49.3. The van der Waals surface area contributed by atoms with E-state index in [9.17, 15) is 0 Å². The summed E-state index contributed by atoms with van der Waals surface area (Å²) in [6, 6.07) is 96.5. The highest BCUT2D eigenvalue weighted by Gasteiger charge is 2.59. The second kappa shape index (κ2) is 23.6.